The van der Waals surface area contributed by atoms with E-state index in [2.05, 4.69) is 5.32 Å². The van der Waals surface area contributed by atoms with Crippen LogP contribution in [0.15, 0.2) is 47.4 Å². The van der Waals surface area contributed by atoms with Crippen LogP contribution in [0.1, 0.15) is 31.7 Å². The monoisotopic (exact) mass is 391 g/mol. The Kier molecular flexibility index (Phi) is 6.85. The molecule has 0 atom stereocenters. The van der Waals surface area contributed by atoms with E-state index in [0.29, 0.717) is 17.2 Å². The van der Waals surface area contributed by atoms with E-state index < -0.39 is 9.84 Å². The number of hydrogen-bond acceptors (Lipinski definition) is 5. The molecule has 0 spiro atoms. The van der Waals surface area contributed by atoms with Crippen LogP contribution in [-0.2, 0) is 14.6 Å². The van der Waals surface area contributed by atoms with Crippen LogP contribution in [0.5, 0.6) is 11.5 Å². The fraction of sp³-hybridized carbons (Fsp3) is 0.350. The second kappa shape index (κ2) is 8.90. The van der Waals surface area contributed by atoms with Gasteiger partial charge in [0.25, 0.3) is 0 Å². The van der Waals surface area contributed by atoms with Crippen molar-refractivity contribution < 1.29 is 22.7 Å². The van der Waals surface area contributed by atoms with Gasteiger partial charge in [0.05, 0.1) is 24.9 Å². The summed E-state index contributed by atoms with van der Waals surface area (Å²) in [6, 6.07) is 11.9. The molecular formula is C20H25NO5S. The molecule has 2 aromatic carbocycles. The predicted octanol–water partition coefficient (Wildman–Crippen LogP) is 3.63. The highest BCUT2D eigenvalue weighted by Gasteiger charge is 2.19. The number of amides is 1. The van der Waals surface area contributed by atoms with Crippen molar-refractivity contribution in [3.8, 4) is 11.5 Å². The quantitative estimate of drug-likeness (QED) is 0.743. The second-order valence-corrected chi connectivity index (χ2v) is 8.48. The number of carbonyl (C=O) groups excluding carboxylic acids is 1. The van der Waals surface area contributed by atoms with Gasteiger partial charge in [-0.25, -0.2) is 8.42 Å². The molecule has 0 bridgehead atoms. The third-order valence-electron chi connectivity index (χ3n) is 4.17. The van der Waals surface area contributed by atoms with Gasteiger partial charge in [-0.2, -0.15) is 0 Å². The highest BCUT2D eigenvalue weighted by molar-refractivity contribution is 7.91. The fourth-order valence-corrected chi connectivity index (χ4v) is 3.93. The fourth-order valence-electron chi connectivity index (χ4n) is 2.68. The summed E-state index contributed by atoms with van der Waals surface area (Å²) in [6.45, 7) is 4.07. The maximum atomic E-state index is 12.6. The van der Waals surface area contributed by atoms with E-state index in [4.69, 9.17) is 9.47 Å². The molecule has 0 saturated heterocycles. The normalized spacial score (nSPS) is 11.3. The lowest BCUT2D eigenvalue weighted by Gasteiger charge is -2.14. The van der Waals surface area contributed by atoms with E-state index in [1.54, 1.807) is 0 Å². The molecule has 146 valence electrons. The average molecular weight is 391 g/mol. The van der Waals surface area contributed by atoms with Crippen LogP contribution in [0, 0.1) is 0 Å². The Morgan fingerprint density at radius 3 is 2.33 bits per heavy atom. The zero-order valence-corrected chi connectivity index (χ0v) is 16.8. The lowest BCUT2D eigenvalue weighted by atomic mass is 10.0. The molecule has 27 heavy (non-hydrogen) atoms. The minimum Gasteiger partial charge on any atom is -0.493 e. The van der Waals surface area contributed by atoms with Crippen LogP contribution >= 0.6 is 0 Å². The van der Waals surface area contributed by atoms with Gasteiger partial charge >= 0.3 is 0 Å². The van der Waals surface area contributed by atoms with Crippen LogP contribution in [0.4, 0.5) is 5.69 Å². The Bertz CT molecular complexity index is 906. The Labute approximate surface area is 160 Å². The molecule has 6 nitrogen and oxygen atoms in total. The van der Waals surface area contributed by atoms with Crippen molar-refractivity contribution in [3.05, 3.63) is 48.0 Å². The summed E-state index contributed by atoms with van der Waals surface area (Å²) in [7, 11) is -0.712. The number of nitrogens with one attached hydrogen (secondary N) is 1. The van der Waals surface area contributed by atoms with Gasteiger partial charge in [-0.1, -0.05) is 32.0 Å². The lowest BCUT2D eigenvalue weighted by Crippen LogP contribution is -2.18. The first-order chi connectivity index (χ1) is 12.8. The molecule has 0 radical (unpaired) electrons. The molecule has 2 rings (SSSR count). The van der Waals surface area contributed by atoms with Crippen molar-refractivity contribution in [3.63, 3.8) is 0 Å². The van der Waals surface area contributed by atoms with E-state index in [1.807, 2.05) is 38.1 Å². The van der Waals surface area contributed by atoms with Crippen molar-refractivity contribution in [2.45, 2.75) is 31.1 Å². The minimum atomic E-state index is -3.63. The van der Waals surface area contributed by atoms with Crippen LogP contribution in [0.3, 0.4) is 0 Å². The van der Waals surface area contributed by atoms with Gasteiger partial charge in [0.2, 0.25) is 5.91 Å². The van der Waals surface area contributed by atoms with E-state index in [0.717, 1.165) is 5.56 Å². The van der Waals surface area contributed by atoms with Gasteiger partial charge in [0, 0.05) is 18.2 Å². The van der Waals surface area contributed by atoms with Crippen molar-refractivity contribution in [2.24, 2.45) is 0 Å². The maximum absolute atomic E-state index is 12.6. The molecule has 0 aliphatic rings. The molecular weight excluding hydrogens is 366 g/mol. The minimum absolute atomic E-state index is 0.0931. The first-order valence-corrected chi connectivity index (χ1v) is 10.3. The Morgan fingerprint density at radius 1 is 1.04 bits per heavy atom. The van der Waals surface area contributed by atoms with Crippen molar-refractivity contribution in [1.82, 2.24) is 0 Å². The van der Waals surface area contributed by atoms with Crippen molar-refractivity contribution in [1.29, 1.82) is 0 Å². The first kappa shape index (κ1) is 20.8. The third-order valence-corrected chi connectivity index (χ3v) is 5.88. The molecule has 7 heteroatoms. The SMILES string of the molecule is COc1ccc(S(=O)(=O)CCC(=O)Nc2ccccc2C(C)C)cc1OC. The van der Waals surface area contributed by atoms with Crippen LogP contribution in [-0.4, -0.2) is 34.3 Å². The Hall–Kier alpha value is -2.54. The molecule has 0 heterocycles. The maximum Gasteiger partial charge on any atom is 0.225 e. The van der Waals surface area contributed by atoms with Crippen molar-refractivity contribution in [2.75, 3.05) is 25.3 Å². The summed E-state index contributed by atoms with van der Waals surface area (Å²) < 4.78 is 35.4. The first-order valence-electron chi connectivity index (χ1n) is 8.62. The highest BCUT2D eigenvalue weighted by Crippen LogP contribution is 2.30. The average Bonchev–Trinajstić information content (AvgIpc) is 2.66. The molecule has 0 aliphatic heterocycles. The largest absolute Gasteiger partial charge is 0.493 e. The zero-order chi connectivity index (χ0) is 20.0. The number of benzene rings is 2. The molecule has 0 saturated carbocycles. The summed E-state index contributed by atoms with van der Waals surface area (Å²) in [5.74, 6) is 0.385. The molecule has 0 fully saturated rings. The number of ether oxygens (including phenoxy) is 2. The summed E-state index contributed by atoms with van der Waals surface area (Å²) in [4.78, 5) is 12.4. The Balaban J connectivity index is 2.08. The third kappa shape index (κ3) is 5.23. The lowest BCUT2D eigenvalue weighted by molar-refractivity contribution is -0.115. The van der Waals surface area contributed by atoms with Gasteiger partial charge in [-0.3, -0.25) is 4.79 Å². The summed E-state index contributed by atoms with van der Waals surface area (Å²) in [6.07, 6.45) is -0.136. The van der Waals surface area contributed by atoms with Crippen LogP contribution in [0.25, 0.3) is 0 Å². The number of carbonyl (C=O) groups is 1. The standard InChI is InChI=1S/C20H25NO5S/c1-14(2)16-7-5-6-8-17(16)21-20(22)11-12-27(23,24)15-9-10-18(25-3)19(13-15)26-4/h5-10,13-14H,11-12H2,1-4H3,(H,21,22). The topological polar surface area (TPSA) is 81.7 Å². The van der Waals surface area contributed by atoms with E-state index in [-0.39, 0.29) is 28.9 Å². The van der Waals surface area contributed by atoms with E-state index in [9.17, 15) is 13.2 Å². The van der Waals surface area contributed by atoms with Crippen LogP contribution < -0.4 is 14.8 Å². The molecule has 1 N–H and O–H groups in total. The Morgan fingerprint density at radius 2 is 1.70 bits per heavy atom. The molecule has 1 amide bonds. The summed E-state index contributed by atoms with van der Waals surface area (Å²) >= 11 is 0. The van der Waals surface area contributed by atoms with Gasteiger partial charge in [0.1, 0.15) is 0 Å². The molecule has 0 unspecified atom stereocenters. The van der Waals surface area contributed by atoms with Gasteiger partial charge < -0.3 is 14.8 Å². The van der Waals surface area contributed by atoms with E-state index >= 15 is 0 Å². The molecule has 0 aliphatic carbocycles. The highest BCUT2D eigenvalue weighted by atomic mass is 32.2. The molecule has 2 aromatic rings. The number of sulfone groups is 1. The molecule has 0 aromatic heterocycles. The predicted molar refractivity (Wildman–Crippen MR) is 105 cm³/mol. The number of anilines is 1. The van der Waals surface area contributed by atoms with Crippen LogP contribution in [0.2, 0.25) is 0 Å². The smallest absolute Gasteiger partial charge is 0.225 e. The summed E-state index contributed by atoms with van der Waals surface area (Å²) in [5.41, 5.74) is 1.72. The summed E-state index contributed by atoms with van der Waals surface area (Å²) in [5, 5.41) is 2.81. The number of methoxy groups -OCH3 is 2. The second-order valence-electron chi connectivity index (χ2n) is 6.38. The number of para-hydroxylation sites is 1. The van der Waals surface area contributed by atoms with E-state index in [1.165, 1.54) is 32.4 Å². The van der Waals surface area contributed by atoms with Gasteiger partial charge in [-0.05, 0) is 29.7 Å². The van der Waals surface area contributed by atoms with Gasteiger partial charge in [-0.15, -0.1) is 0 Å². The van der Waals surface area contributed by atoms with Gasteiger partial charge in [0.15, 0.2) is 21.3 Å². The zero-order valence-electron chi connectivity index (χ0n) is 16.0. The van der Waals surface area contributed by atoms with Crippen molar-refractivity contribution >= 4 is 21.4 Å². The number of rotatable bonds is 8. The number of hydrogen-bond donors (Lipinski definition) is 1.